The fourth-order valence-corrected chi connectivity index (χ4v) is 10.1. The van der Waals surface area contributed by atoms with Gasteiger partial charge in [-0.05, 0) is 60.7 Å². The van der Waals surface area contributed by atoms with Crippen molar-refractivity contribution < 1.29 is 4.42 Å². The highest BCUT2D eigenvalue weighted by Crippen LogP contribution is 2.42. The van der Waals surface area contributed by atoms with Gasteiger partial charge in [0, 0.05) is 59.6 Å². The monoisotopic (exact) mass is 824 g/mol. The molecule has 0 saturated carbocycles. The molecule has 13 rings (SSSR count). The van der Waals surface area contributed by atoms with Gasteiger partial charge in [0.15, 0.2) is 23.3 Å². The summed E-state index contributed by atoms with van der Waals surface area (Å²) in [5.74, 6) is 2.35. The van der Waals surface area contributed by atoms with Crippen molar-refractivity contribution >= 4 is 75.4 Å². The predicted octanol–water partition coefficient (Wildman–Crippen LogP) is 14.4. The van der Waals surface area contributed by atoms with E-state index in [9.17, 15) is 0 Å². The van der Waals surface area contributed by atoms with Crippen LogP contribution in [0.3, 0.4) is 0 Å². The lowest BCUT2D eigenvalue weighted by Gasteiger charge is -2.10. The zero-order valence-corrected chi connectivity index (χ0v) is 34.3. The molecule has 7 nitrogen and oxygen atoms in total. The fraction of sp³-hybridized carbons (Fsp3) is 0. The molecule has 8 heteroatoms. The predicted molar refractivity (Wildman–Crippen MR) is 257 cm³/mol. The van der Waals surface area contributed by atoms with Gasteiger partial charge in [-0.25, -0.2) is 24.9 Å². The van der Waals surface area contributed by atoms with Crippen molar-refractivity contribution in [2.45, 2.75) is 0 Å². The molecule has 0 bridgehead atoms. The summed E-state index contributed by atoms with van der Waals surface area (Å²) in [4.78, 5) is 25.7. The summed E-state index contributed by atoms with van der Waals surface area (Å²) < 4.78 is 11.4. The molecule has 63 heavy (non-hydrogen) atoms. The molecule has 0 fully saturated rings. The molecule has 0 aliphatic carbocycles. The number of aromatic nitrogens is 6. The SMILES string of the molecule is c1ccc(-c2nc(-c3ccc(-n4c5ccccc5c5ccccc54)cc3)nc(-c3ccc4c(c3)oc3c(-c5nc(-c6ccccc6)c6sc7ccccc7c6n5)cccc34)n2)cc1. The number of furan rings is 1. The largest absolute Gasteiger partial charge is 0.455 e. The highest BCUT2D eigenvalue weighted by molar-refractivity contribution is 7.26. The van der Waals surface area contributed by atoms with Gasteiger partial charge in [0.1, 0.15) is 11.2 Å². The van der Waals surface area contributed by atoms with Gasteiger partial charge in [-0.2, -0.15) is 0 Å². The van der Waals surface area contributed by atoms with Crippen molar-refractivity contribution in [1.29, 1.82) is 0 Å². The number of hydrogen-bond donors (Lipinski definition) is 0. The van der Waals surface area contributed by atoms with Gasteiger partial charge in [0.25, 0.3) is 0 Å². The highest BCUT2D eigenvalue weighted by atomic mass is 32.1. The van der Waals surface area contributed by atoms with Crippen LogP contribution >= 0.6 is 11.3 Å². The van der Waals surface area contributed by atoms with Gasteiger partial charge in [0.05, 0.1) is 32.5 Å². The first-order valence-electron chi connectivity index (χ1n) is 20.8. The van der Waals surface area contributed by atoms with E-state index in [4.69, 9.17) is 29.3 Å². The zero-order valence-electron chi connectivity index (χ0n) is 33.5. The van der Waals surface area contributed by atoms with Crippen molar-refractivity contribution in [2.24, 2.45) is 0 Å². The summed E-state index contributed by atoms with van der Waals surface area (Å²) in [6, 6.07) is 66.8. The molecule has 0 spiro atoms. The Bertz CT molecular complexity index is 3860. The summed E-state index contributed by atoms with van der Waals surface area (Å²) in [5, 5.41) is 5.54. The minimum Gasteiger partial charge on any atom is -0.455 e. The second-order valence-corrected chi connectivity index (χ2v) is 16.7. The second-order valence-electron chi connectivity index (χ2n) is 15.6. The van der Waals surface area contributed by atoms with Crippen molar-refractivity contribution in [3.8, 4) is 62.5 Å². The quantitative estimate of drug-likeness (QED) is 0.166. The molecule has 0 atom stereocenters. The number of hydrogen-bond acceptors (Lipinski definition) is 7. The molecule has 0 aliphatic rings. The van der Waals surface area contributed by atoms with Crippen LogP contribution in [-0.2, 0) is 0 Å². The Balaban J connectivity index is 0.936. The Morgan fingerprint density at radius 1 is 0.397 bits per heavy atom. The van der Waals surface area contributed by atoms with E-state index in [-0.39, 0.29) is 0 Å². The molecule has 0 aliphatic heterocycles. The molecular weight excluding hydrogens is 793 g/mol. The molecule has 0 N–H and O–H groups in total. The number of rotatable bonds is 6. The van der Waals surface area contributed by atoms with E-state index in [1.165, 1.54) is 15.5 Å². The lowest BCUT2D eigenvalue weighted by Crippen LogP contribution is -2.00. The van der Waals surface area contributed by atoms with Crippen LogP contribution in [0.2, 0.25) is 0 Å². The van der Waals surface area contributed by atoms with Crippen LogP contribution in [0.1, 0.15) is 0 Å². The van der Waals surface area contributed by atoms with E-state index >= 15 is 0 Å². The maximum absolute atomic E-state index is 6.82. The highest BCUT2D eigenvalue weighted by Gasteiger charge is 2.21. The van der Waals surface area contributed by atoms with E-state index in [2.05, 4.69) is 150 Å². The van der Waals surface area contributed by atoms with Crippen LogP contribution in [0.5, 0.6) is 0 Å². The summed E-state index contributed by atoms with van der Waals surface area (Å²) in [6.07, 6.45) is 0. The van der Waals surface area contributed by atoms with E-state index < -0.39 is 0 Å². The third kappa shape index (κ3) is 5.76. The van der Waals surface area contributed by atoms with Crippen LogP contribution in [0.4, 0.5) is 0 Å². The minimum atomic E-state index is 0.554. The number of thiophene rings is 1. The average Bonchev–Trinajstić information content (AvgIpc) is 4.04. The normalized spacial score (nSPS) is 11.8. The molecule has 0 unspecified atom stereocenters. The molecule has 0 radical (unpaired) electrons. The van der Waals surface area contributed by atoms with Crippen LogP contribution < -0.4 is 0 Å². The maximum Gasteiger partial charge on any atom is 0.164 e. The van der Waals surface area contributed by atoms with Crippen molar-refractivity contribution in [1.82, 2.24) is 29.5 Å². The van der Waals surface area contributed by atoms with Crippen molar-refractivity contribution in [2.75, 3.05) is 0 Å². The molecule has 8 aromatic carbocycles. The van der Waals surface area contributed by atoms with Gasteiger partial charge in [0.2, 0.25) is 0 Å². The number of para-hydroxylation sites is 3. The number of fused-ring (bicyclic) bond motifs is 9. The van der Waals surface area contributed by atoms with E-state index in [0.717, 1.165) is 87.8 Å². The van der Waals surface area contributed by atoms with Gasteiger partial charge in [-0.3, -0.25) is 0 Å². The summed E-state index contributed by atoms with van der Waals surface area (Å²) >= 11 is 1.73. The smallest absolute Gasteiger partial charge is 0.164 e. The fourth-order valence-electron chi connectivity index (χ4n) is 8.93. The summed E-state index contributed by atoms with van der Waals surface area (Å²) in [6.45, 7) is 0. The molecule has 5 aromatic heterocycles. The maximum atomic E-state index is 6.82. The van der Waals surface area contributed by atoms with Crippen LogP contribution in [0, 0.1) is 0 Å². The van der Waals surface area contributed by atoms with Crippen LogP contribution in [-0.4, -0.2) is 29.5 Å². The van der Waals surface area contributed by atoms with Gasteiger partial charge in [-0.15, -0.1) is 11.3 Å². The van der Waals surface area contributed by atoms with E-state index in [0.29, 0.717) is 23.3 Å². The molecule has 0 saturated heterocycles. The Hall–Kier alpha value is -8.33. The Kier molecular flexibility index (Phi) is 7.94. The van der Waals surface area contributed by atoms with E-state index in [1.54, 1.807) is 11.3 Å². The molecular formula is C55H32N6OS. The van der Waals surface area contributed by atoms with Crippen molar-refractivity contribution in [3.05, 3.63) is 194 Å². The van der Waals surface area contributed by atoms with Gasteiger partial charge < -0.3 is 8.98 Å². The lowest BCUT2D eigenvalue weighted by atomic mass is 10.1. The minimum absolute atomic E-state index is 0.554. The summed E-state index contributed by atoms with van der Waals surface area (Å²) in [7, 11) is 0. The van der Waals surface area contributed by atoms with E-state index in [1.807, 2.05) is 48.5 Å². The molecule has 294 valence electrons. The summed E-state index contributed by atoms with van der Waals surface area (Å²) in [5.41, 5.74) is 11.2. The molecule has 5 heterocycles. The van der Waals surface area contributed by atoms with Gasteiger partial charge >= 0.3 is 0 Å². The van der Waals surface area contributed by atoms with Gasteiger partial charge in [-0.1, -0.05) is 133 Å². The Morgan fingerprint density at radius 3 is 1.68 bits per heavy atom. The lowest BCUT2D eigenvalue weighted by molar-refractivity contribution is 0.669. The topological polar surface area (TPSA) is 82.5 Å². The zero-order chi connectivity index (χ0) is 41.4. The third-order valence-electron chi connectivity index (χ3n) is 11.9. The number of benzene rings is 8. The average molecular weight is 825 g/mol. The second kappa shape index (κ2) is 14.1. The Labute approximate surface area is 364 Å². The third-order valence-corrected chi connectivity index (χ3v) is 13.1. The molecule has 13 aromatic rings. The van der Waals surface area contributed by atoms with Crippen LogP contribution in [0.15, 0.2) is 199 Å². The first-order chi connectivity index (χ1) is 31.2. The number of nitrogens with zero attached hydrogens (tertiary/aromatic N) is 6. The van der Waals surface area contributed by atoms with Crippen molar-refractivity contribution in [3.63, 3.8) is 0 Å². The molecule has 0 amide bonds. The first kappa shape index (κ1) is 35.4. The first-order valence-corrected chi connectivity index (χ1v) is 21.6. The Morgan fingerprint density at radius 2 is 0.968 bits per heavy atom. The van der Waals surface area contributed by atoms with Crippen LogP contribution in [0.25, 0.3) is 127 Å². The standard InChI is InChI=1S/C55H32N6OS/c1-3-14-33(15-4-1)48-51-49(42-20-9-12-25-47(42)63-51)57-55(56-48)43-22-13-21-41-40-31-28-36(32-46(40)62-50(41)43)54-59-52(34-16-5-2-6-17-34)58-53(60-54)35-26-29-37(30-27-35)61-44-23-10-7-18-38(44)39-19-8-11-24-45(39)61/h1-32H.